The molecule has 1 N–H and O–H groups in total. The predicted molar refractivity (Wildman–Crippen MR) is 95.3 cm³/mol. The number of aromatic nitrogens is 1. The van der Waals surface area contributed by atoms with E-state index in [4.69, 9.17) is 27.9 Å². The quantitative estimate of drug-likeness (QED) is 0.695. The molecule has 0 fully saturated rings. The third kappa shape index (κ3) is 3.13. The van der Waals surface area contributed by atoms with Crippen LogP contribution in [-0.4, -0.2) is 18.0 Å². The molecule has 0 saturated heterocycles. The molecule has 23 heavy (non-hydrogen) atoms. The van der Waals surface area contributed by atoms with Crippen molar-refractivity contribution in [3.63, 3.8) is 0 Å². The Morgan fingerprint density at radius 1 is 1.26 bits per heavy atom. The molecule has 3 rings (SSSR count). The molecule has 1 amide bonds. The molecule has 0 atom stereocenters. The summed E-state index contributed by atoms with van der Waals surface area (Å²) in [5.41, 5.74) is 2.10. The summed E-state index contributed by atoms with van der Waals surface area (Å²) in [6.45, 7) is 1.99. The van der Waals surface area contributed by atoms with Crippen LogP contribution in [0.1, 0.15) is 15.9 Å². The summed E-state index contributed by atoms with van der Waals surface area (Å²) in [5, 5.41) is 4.02. The van der Waals surface area contributed by atoms with Gasteiger partial charge in [0.25, 0.3) is 5.91 Å². The highest BCUT2D eigenvalue weighted by atomic mass is 35.5. The third-order valence-electron chi connectivity index (χ3n) is 3.32. The van der Waals surface area contributed by atoms with E-state index in [0.29, 0.717) is 26.5 Å². The van der Waals surface area contributed by atoms with E-state index in [1.165, 1.54) is 17.4 Å². The lowest BCUT2D eigenvalue weighted by Gasteiger charge is -2.04. The van der Waals surface area contributed by atoms with Gasteiger partial charge in [-0.15, -0.1) is 0 Å². The van der Waals surface area contributed by atoms with Crippen molar-refractivity contribution in [1.29, 1.82) is 0 Å². The fourth-order valence-electron chi connectivity index (χ4n) is 2.16. The Labute approximate surface area is 147 Å². The van der Waals surface area contributed by atoms with Crippen LogP contribution in [0.4, 0.5) is 5.13 Å². The van der Waals surface area contributed by atoms with Gasteiger partial charge in [-0.05, 0) is 36.8 Å². The maximum atomic E-state index is 12.4. The highest BCUT2D eigenvalue weighted by Gasteiger charge is 2.16. The van der Waals surface area contributed by atoms with Crippen LogP contribution >= 0.6 is 34.5 Å². The number of fused-ring (bicyclic) bond motifs is 1. The van der Waals surface area contributed by atoms with Gasteiger partial charge in [0.1, 0.15) is 11.3 Å². The average molecular weight is 367 g/mol. The van der Waals surface area contributed by atoms with Crippen LogP contribution in [0.5, 0.6) is 5.75 Å². The van der Waals surface area contributed by atoms with E-state index in [1.807, 2.05) is 19.1 Å². The highest BCUT2D eigenvalue weighted by molar-refractivity contribution is 7.22. The van der Waals surface area contributed by atoms with Gasteiger partial charge < -0.3 is 4.74 Å². The second-order valence-electron chi connectivity index (χ2n) is 4.86. The van der Waals surface area contributed by atoms with E-state index in [0.717, 1.165) is 15.8 Å². The van der Waals surface area contributed by atoms with Gasteiger partial charge in [0, 0.05) is 5.02 Å². The number of anilines is 1. The Balaban J connectivity index is 1.97. The second-order valence-corrected chi connectivity index (χ2v) is 6.70. The molecule has 0 unspecified atom stereocenters. The summed E-state index contributed by atoms with van der Waals surface area (Å²) < 4.78 is 6.28. The van der Waals surface area contributed by atoms with Crippen molar-refractivity contribution in [2.75, 3.05) is 12.4 Å². The van der Waals surface area contributed by atoms with Crippen LogP contribution in [0, 0.1) is 6.92 Å². The Kier molecular flexibility index (Phi) is 4.43. The molecule has 1 aromatic heterocycles. The standard InChI is InChI=1S/C16H12Cl2N2O2S/c1-8-3-6-12(22-2)13-14(8)23-16(19-13)20-15(21)10-7-9(17)4-5-11(10)18/h3-7H,1-2H3,(H,19,20,21). The number of carbonyl (C=O) groups excluding carboxylic acids is 1. The molecule has 0 bridgehead atoms. The van der Waals surface area contributed by atoms with Crippen LogP contribution in [-0.2, 0) is 0 Å². The maximum absolute atomic E-state index is 12.4. The van der Waals surface area contributed by atoms with E-state index in [9.17, 15) is 4.79 Å². The first kappa shape index (κ1) is 16.1. The van der Waals surface area contributed by atoms with Crippen molar-refractivity contribution in [2.24, 2.45) is 0 Å². The summed E-state index contributed by atoms with van der Waals surface area (Å²) in [5.74, 6) is 0.316. The molecule has 0 aliphatic rings. The highest BCUT2D eigenvalue weighted by Crippen LogP contribution is 2.35. The number of hydrogen-bond acceptors (Lipinski definition) is 4. The number of rotatable bonds is 3. The molecule has 0 aliphatic heterocycles. The molecule has 0 aliphatic carbocycles. The number of amides is 1. The van der Waals surface area contributed by atoms with Gasteiger partial charge >= 0.3 is 0 Å². The molecule has 2 aromatic carbocycles. The van der Waals surface area contributed by atoms with Crippen molar-refractivity contribution >= 4 is 55.8 Å². The zero-order valence-corrected chi connectivity index (χ0v) is 14.6. The molecule has 7 heteroatoms. The van der Waals surface area contributed by atoms with Gasteiger partial charge in [-0.1, -0.05) is 40.6 Å². The second kappa shape index (κ2) is 6.35. The monoisotopic (exact) mass is 366 g/mol. The first-order valence-electron chi connectivity index (χ1n) is 6.70. The number of benzene rings is 2. The summed E-state index contributed by atoms with van der Waals surface area (Å²) in [7, 11) is 1.59. The van der Waals surface area contributed by atoms with Gasteiger partial charge in [-0.25, -0.2) is 4.98 Å². The predicted octanol–water partition coefficient (Wildman–Crippen LogP) is 5.17. The van der Waals surface area contributed by atoms with Crippen molar-refractivity contribution < 1.29 is 9.53 Å². The van der Waals surface area contributed by atoms with Gasteiger partial charge in [0.15, 0.2) is 5.13 Å². The zero-order chi connectivity index (χ0) is 16.6. The van der Waals surface area contributed by atoms with Crippen molar-refractivity contribution in [2.45, 2.75) is 6.92 Å². The summed E-state index contributed by atoms with van der Waals surface area (Å²) in [6.07, 6.45) is 0. The first-order chi connectivity index (χ1) is 11.0. The maximum Gasteiger partial charge on any atom is 0.259 e. The lowest BCUT2D eigenvalue weighted by atomic mass is 10.2. The molecule has 4 nitrogen and oxygen atoms in total. The molecule has 1 heterocycles. The van der Waals surface area contributed by atoms with Crippen LogP contribution in [0.25, 0.3) is 10.2 Å². The van der Waals surface area contributed by atoms with E-state index in [-0.39, 0.29) is 5.91 Å². The number of hydrogen-bond donors (Lipinski definition) is 1. The minimum atomic E-state index is -0.354. The van der Waals surface area contributed by atoms with E-state index >= 15 is 0 Å². The summed E-state index contributed by atoms with van der Waals surface area (Å²) >= 11 is 13.4. The minimum absolute atomic E-state index is 0.308. The van der Waals surface area contributed by atoms with Gasteiger partial charge in [-0.3, -0.25) is 10.1 Å². The fourth-order valence-corrected chi connectivity index (χ4v) is 3.49. The molecule has 0 spiro atoms. The number of carbonyl (C=O) groups is 1. The lowest BCUT2D eigenvalue weighted by molar-refractivity contribution is 0.102. The van der Waals surface area contributed by atoms with Crippen molar-refractivity contribution in [3.8, 4) is 5.75 Å². The number of halogens is 2. The smallest absolute Gasteiger partial charge is 0.259 e. The summed E-state index contributed by atoms with van der Waals surface area (Å²) in [6, 6.07) is 8.56. The van der Waals surface area contributed by atoms with Crippen LogP contribution in [0.2, 0.25) is 10.0 Å². The van der Waals surface area contributed by atoms with Crippen LogP contribution in [0.15, 0.2) is 30.3 Å². The number of nitrogens with one attached hydrogen (secondary N) is 1. The number of aryl methyl sites for hydroxylation is 1. The molecular formula is C16H12Cl2N2O2S. The van der Waals surface area contributed by atoms with Gasteiger partial charge in [0.05, 0.1) is 22.4 Å². The molecular weight excluding hydrogens is 355 g/mol. The molecule has 0 saturated carbocycles. The van der Waals surface area contributed by atoms with Gasteiger partial charge in [-0.2, -0.15) is 0 Å². The van der Waals surface area contributed by atoms with Crippen molar-refractivity contribution in [1.82, 2.24) is 4.98 Å². The van der Waals surface area contributed by atoms with Gasteiger partial charge in [0.2, 0.25) is 0 Å². The zero-order valence-electron chi connectivity index (χ0n) is 12.3. The minimum Gasteiger partial charge on any atom is -0.494 e. The molecule has 3 aromatic rings. The normalized spacial score (nSPS) is 10.8. The number of ether oxygens (including phenoxy) is 1. The first-order valence-corrected chi connectivity index (χ1v) is 8.27. The fraction of sp³-hybridized carbons (Fsp3) is 0.125. The average Bonchev–Trinajstić information content (AvgIpc) is 2.94. The molecule has 118 valence electrons. The van der Waals surface area contributed by atoms with E-state index < -0.39 is 0 Å². The number of thiazole rings is 1. The van der Waals surface area contributed by atoms with Crippen LogP contribution < -0.4 is 10.1 Å². The Morgan fingerprint density at radius 2 is 2.04 bits per heavy atom. The number of methoxy groups -OCH3 is 1. The Hall–Kier alpha value is -1.82. The number of nitrogens with zero attached hydrogens (tertiary/aromatic N) is 1. The Morgan fingerprint density at radius 3 is 2.78 bits per heavy atom. The van der Waals surface area contributed by atoms with Crippen molar-refractivity contribution in [3.05, 3.63) is 51.5 Å². The molecule has 0 radical (unpaired) electrons. The van der Waals surface area contributed by atoms with E-state index in [2.05, 4.69) is 10.3 Å². The summed E-state index contributed by atoms with van der Waals surface area (Å²) in [4.78, 5) is 16.8. The largest absolute Gasteiger partial charge is 0.494 e. The SMILES string of the molecule is COc1ccc(C)c2sc(NC(=O)c3cc(Cl)ccc3Cl)nc12. The third-order valence-corrected chi connectivity index (χ3v) is 4.99. The van der Waals surface area contributed by atoms with Crippen LogP contribution in [0.3, 0.4) is 0 Å². The topological polar surface area (TPSA) is 51.2 Å². The van der Waals surface area contributed by atoms with E-state index in [1.54, 1.807) is 19.2 Å². The Bertz CT molecular complexity index is 908. The lowest BCUT2D eigenvalue weighted by Crippen LogP contribution is -2.12.